The molecule has 11 rings (SSSR count). The van der Waals surface area contributed by atoms with Gasteiger partial charge in [0.25, 0.3) is 0 Å². The van der Waals surface area contributed by atoms with Crippen molar-refractivity contribution in [2.75, 3.05) is 0 Å². The Kier molecular flexibility index (Phi) is 5.60. The third kappa shape index (κ3) is 3.92. The fourth-order valence-corrected chi connectivity index (χ4v) is 7.71. The topological polar surface area (TPSA) is 56.7 Å². The van der Waals surface area contributed by atoms with E-state index in [2.05, 4.69) is 132 Å². The zero-order valence-electron chi connectivity index (χ0n) is 26.7. The number of hydrogen-bond donors (Lipinski definition) is 0. The second-order valence-electron chi connectivity index (χ2n) is 12.8. The van der Waals surface area contributed by atoms with E-state index in [0.717, 1.165) is 98.8 Å². The van der Waals surface area contributed by atoms with Crippen LogP contribution in [0.4, 0.5) is 0 Å². The summed E-state index contributed by atoms with van der Waals surface area (Å²) >= 11 is 0. The smallest absolute Gasteiger partial charge is 0.235 e. The minimum absolute atomic E-state index is 0.645. The Bertz CT molecular complexity index is 3160. The van der Waals surface area contributed by atoms with Crippen molar-refractivity contribution in [3.05, 3.63) is 158 Å². The number of hydrogen-bond acceptors (Lipinski definition) is 4. The van der Waals surface area contributed by atoms with Crippen LogP contribution in [0.25, 0.3) is 105 Å². The van der Waals surface area contributed by atoms with E-state index in [1.165, 1.54) is 0 Å². The van der Waals surface area contributed by atoms with Gasteiger partial charge in [0.05, 0.1) is 33.5 Å². The number of benzene rings is 7. The summed E-state index contributed by atoms with van der Waals surface area (Å²) in [7, 11) is 0. The molecule has 4 aromatic heterocycles. The van der Waals surface area contributed by atoms with Crippen molar-refractivity contribution in [2.45, 2.75) is 0 Å². The largest absolute Gasteiger partial charge is 0.456 e. The summed E-state index contributed by atoms with van der Waals surface area (Å²) in [6, 6.07) is 54.8. The van der Waals surface area contributed by atoms with E-state index >= 15 is 0 Å². The summed E-state index contributed by atoms with van der Waals surface area (Å²) in [6.07, 6.45) is 0. The Morgan fingerprint density at radius 1 is 0.360 bits per heavy atom. The summed E-state index contributed by atoms with van der Waals surface area (Å²) in [6.45, 7) is 0. The lowest BCUT2D eigenvalue weighted by atomic mass is 9.98. The number of pyridine rings is 1. The van der Waals surface area contributed by atoms with E-state index in [9.17, 15) is 0 Å². The first-order chi connectivity index (χ1) is 24.8. The minimum Gasteiger partial charge on any atom is -0.456 e. The molecule has 0 amide bonds. The fraction of sp³-hybridized carbons (Fsp3) is 0. The monoisotopic (exact) mass is 638 g/mol. The molecule has 0 N–H and O–H groups in total. The second kappa shape index (κ2) is 10.3. The zero-order chi connectivity index (χ0) is 32.8. The molecule has 11 aromatic rings. The first-order valence-corrected chi connectivity index (χ1v) is 16.8. The van der Waals surface area contributed by atoms with Crippen LogP contribution in [0.2, 0.25) is 0 Å². The standard InChI is InChI=1S/C45H26N4O/c1-2-12-27(13-3-1)43-33-18-6-9-19-37(33)47-45(48-43)49-39-20-10-7-15-30(39)35-24-28(22-23-40(35)49)44-32-17-5-4-14-29(32)34-26-42-36(25-38(34)46-44)31-16-8-11-21-41(31)50-42/h1-26H. The van der Waals surface area contributed by atoms with Crippen molar-refractivity contribution in [1.29, 1.82) is 0 Å². The number of furan rings is 1. The van der Waals surface area contributed by atoms with Crippen molar-refractivity contribution < 1.29 is 4.42 Å². The first kappa shape index (κ1) is 27.1. The van der Waals surface area contributed by atoms with Crippen LogP contribution in [0.15, 0.2) is 162 Å². The number of nitrogens with zero attached hydrogens (tertiary/aromatic N) is 4. The zero-order valence-corrected chi connectivity index (χ0v) is 26.7. The summed E-state index contributed by atoms with van der Waals surface area (Å²) in [5, 5.41) is 8.79. The van der Waals surface area contributed by atoms with E-state index in [0.29, 0.717) is 5.95 Å². The highest BCUT2D eigenvalue weighted by molar-refractivity contribution is 6.18. The predicted molar refractivity (Wildman–Crippen MR) is 205 cm³/mol. The van der Waals surface area contributed by atoms with Crippen molar-refractivity contribution in [3.63, 3.8) is 0 Å². The molecule has 0 spiro atoms. The molecule has 5 heteroatoms. The van der Waals surface area contributed by atoms with E-state index < -0.39 is 0 Å². The van der Waals surface area contributed by atoms with Crippen LogP contribution in [0.5, 0.6) is 0 Å². The van der Waals surface area contributed by atoms with Crippen LogP contribution in [0.1, 0.15) is 0 Å². The van der Waals surface area contributed by atoms with Gasteiger partial charge in [-0.05, 0) is 47.9 Å². The van der Waals surface area contributed by atoms with Crippen LogP contribution >= 0.6 is 0 Å². The number of fused-ring (bicyclic) bond motifs is 10. The van der Waals surface area contributed by atoms with E-state index in [-0.39, 0.29) is 0 Å². The van der Waals surface area contributed by atoms with Crippen LogP contribution in [0, 0.1) is 0 Å². The lowest BCUT2D eigenvalue weighted by Gasteiger charge is -2.12. The maximum atomic E-state index is 6.27. The van der Waals surface area contributed by atoms with E-state index in [1.807, 2.05) is 30.3 Å². The van der Waals surface area contributed by atoms with Gasteiger partial charge >= 0.3 is 0 Å². The van der Waals surface area contributed by atoms with Gasteiger partial charge in [0, 0.05) is 48.8 Å². The Hall–Kier alpha value is -6.85. The molecule has 0 saturated heterocycles. The second-order valence-corrected chi connectivity index (χ2v) is 12.8. The van der Waals surface area contributed by atoms with Crippen molar-refractivity contribution >= 4 is 76.3 Å². The highest BCUT2D eigenvalue weighted by atomic mass is 16.3. The quantitative estimate of drug-likeness (QED) is 0.181. The average molecular weight is 639 g/mol. The molecule has 7 aromatic carbocycles. The van der Waals surface area contributed by atoms with Gasteiger partial charge in [-0.1, -0.05) is 115 Å². The molecular weight excluding hydrogens is 613 g/mol. The molecular formula is C45H26N4O. The lowest BCUT2D eigenvalue weighted by molar-refractivity contribution is 0.669. The van der Waals surface area contributed by atoms with Gasteiger partial charge in [-0.2, -0.15) is 0 Å². The van der Waals surface area contributed by atoms with Gasteiger partial charge in [-0.15, -0.1) is 0 Å². The van der Waals surface area contributed by atoms with Crippen LogP contribution in [-0.4, -0.2) is 19.5 Å². The molecule has 0 bridgehead atoms. The van der Waals surface area contributed by atoms with Gasteiger partial charge in [0.1, 0.15) is 11.2 Å². The molecule has 5 nitrogen and oxygen atoms in total. The Balaban J connectivity index is 1.17. The van der Waals surface area contributed by atoms with Gasteiger partial charge in [-0.25, -0.2) is 15.0 Å². The van der Waals surface area contributed by atoms with Crippen LogP contribution in [0.3, 0.4) is 0 Å². The number of rotatable bonds is 3. The molecule has 0 fully saturated rings. The average Bonchev–Trinajstić information content (AvgIpc) is 3.71. The molecule has 0 atom stereocenters. The highest BCUT2D eigenvalue weighted by Gasteiger charge is 2.19. The normalized spacial score (nSPS) is 12.0. The SMILES string of the molecule is c1ccc(-c2nc(-n3c4ccccc4c4cc(-c5nc6cc7c(cc6c6ccccc56)oc5ccccc57)ccc43)nc3ccccc23)cc1. The molecule has 0 saturated carbocycles. The van der Waals surface area contributed by atoms with Crippen molar-refractivity contribution in [2.24, 2.45) is 0 Å². The maximum Gasteiger partial charge on any atom is 0.235 e. The third-order valence-corrected chi connectivity index (χ3v) is 9.98. The summed E-state index contributed by atoms with van der Waals surface area (Å²) in [5.74, 6) is 0.645. The number of para-hydroxylation sites is 3. The maximum absolute atomic E-state index is 6.27. The fourth-order valence-electron chi connectivity index (χ4n) is 7.71. The van der Waals surface area contributed by atoms with Crippen molar-refractivity contribution in [3.8, 4) is 28.5 Å². The van der Waals surface area contributed by atoms with Crippen molar-refractivity contribution in [1.82, 2.24) is 19.5 Å². The molecule has 0 aliphatic rings. The van der Waals surface area contributed by atoms with E-state index in [1.54, 1.807) is 0 Å². The highest BCUT2D eigenvalue weighted by Crippen LogP contribution is 2.40. The molecule has 4 heterocycles. The Labute approximate surface area is 285 Å². The van der Waals surface area contributed by atoms with Crippen LogP contribution < -0.4 is 0 Å². The number of aromatic nitrogens is 4. The van der Waals surface area contributed by atoms with Gasteiger partial charge in [0.15, 0.2) is 0 Å². The predicted octanol–water partition coefficient (Wildman–Crippen LogP) is 11.7. The summed E-state index contributed by atoms with van der Waals surface area (Å²) in [5.41, 5.74) is 9.69. The molecule has 232 valence electrons. The molecule has 50 heavy (non-hydrogen) atoms. The van der Waals surface area contributed by atoms with Gasteiger partial charge in [-0.3, -0.25) is 4.57 Å². The van der Waals surface area contributed by atoms with Gasteiger partial charge in [0.2, 0.25) is 5.95 Å². The molecule has 0 aliphatic heterocycles. The lowest BCUT2D eigenvalue weighted by Crippen LogP contribution is -2.03. The molecule has 0 aliphatic carbocycles. The van der Waals surface area contributed by atoms with E-state index in [4.69, 9.17) is 19.4 Å². The van der Waals surface area contributed by atoms with Gasteiger partial charge < -0.3 is 4.42 Å². The molecule has 0 radical (unpaired) electrons. The third-order valence-electron chi connectivity index (χ3n) is 9.98. The minimum atomic E-state index is 0.645. The van der Waals surface area contributed by atoms with Crippen LogP contribution in [-0.2, 0) is 0 Å². The Morgan fingerprint density at radius 3 is 1.92 bits per heavy atom. The first-order valence-electron chi connectivity index (χ1n) is 16.8. The summed E-state index contributed by atoms with van der Waals surface area (Å²) in [4.78, 5) is 15.7. The molecule has 0 unspecified atom stereocenters. The Morgan fingerprint density at radius 2 is 1.04 bits per heavy atom. The summed E-state index contributed by atoms with van der Waals surface area (Å²) < 4.78 is 8.46.